The molecule has 1 aromatic carbocycles. The predicted octanol–water partition coefficient (Wildman–Crippen LogP) is 3.09. The van der Waals surface area contributed by atoms with Gasteiger partial charge in [-0.05, 0) is 18.2 Å². The maximum atomic E-state index is 12.0. The van der Waals surface area contributed by atoms with Crippen LogP contribution in [0.2, 0.25) is 0 Å². The van der Waals surface area contributed by atoms with Crippen molar-refractivity contribution in [1.82, 2.24) is 9.97 Å². The van der Waals surface area contributed by atoms with Gasteiger partial charge in [-0.2, -0.15) is 0 Å². The first kappa shape index (κ1) is 14.0. The molecule has 0 saturated carbocycles. The number of hydrogen-bond donors (Lipinski definition) is 0. The molecule has 3 aromatic rings. The summed E-state index contributed by atoms with van der Waals surface area (Å²) in [6.45, 7) is 0. The Balaban J connectivity index is 2.19. The molecule has 0 aliphatic heterocycles. The zero-order chi connectivity index (χ0) is 15.5. The molecule has 0 N–H and O–H groups in total. The van der Waals surface area contributed by atoms with Crippen LogP contribution in [0.1, 0.15) is 10.4 Å². The molecule has 0 aliphatic rings. The smallest absolute Gasteiger partial charge is 0.338 e. The molecule has 0 aliphatic carbocycles. The highest BCUT2D eigenvalue weighted by atomic mass is 16.5. The number of benzene rings is 1. The van der Waals surface area contributed by atoms with Crippen molar-refractivity contribution in [2.45, 2.75) is 0 Å². The number of rotatable bonds is 3. The van der Waals surface area contributed by atoms with E-state index in [-0.39, 0.29) is 5.97 Å². The highest BCUT2D eigenvalue weighted by Gasteiger charge is 2.14. The van der Waals surface area contributed by atoms with Crippen LogP contribution in [0.15, 0.2) is 48.7 Å². The Bertz CT molecular complexity index is 829. The van der Waals surface area contributed by atoms with E-state index in [9.17, 15) is 4.79 Å². The minimum Gasteiger partial charge on any atom is -0.481 e. The second-order valence-electron chi connectivity index (χ2n) is 4.65. The van der Waals surface area contributed by atoms with Gasteiger partial charge in [0.2, 0.25) is 5.88 Å². The maximum absolute atomic E-state index is 12.0. The highest BCUT2D eigenvalue weighted by Crippen LogP contribution is 2.25. The summed E-state index contributed by atoms with van der Waals surface area (Å²) in [5, 5.41) is 0.763. The largest absolute Gasteiger partial charge is 0.481 e. The quantitative estimate of drug-likeness (QED) is 0.695. The van der Waals surface area contributed by atoms with E-state index >= 15 is 0 Å². The minimum absolute atomic E-state index is 0.388. The van der Waals surface area contributed by atoms with Crippen LogP contribution in [-0.2, 0) is 4.74 Å². The van der Waals surface area contributed by atoms with E-state index in [0.29, 0.717) is 17.1 Å². The molecule has 0 unspecified atom stereocenters. The van der Waals surface area contributed by atoms with Gasteiger partial charge in [-0.3, -0.25) is 0 Å². The van der Waals surface area contributed by atoms with E-state index in [1.165, 1.54) is 7.11 Å². The lowest BCUT2D eigenvalue weighted by atomic mass is 10.1. The van der Waals surface area contributed by atoms with Gasteiger partial charge >= 0.3 is 5.97 Å². The Morgan fingerprint density at radius 3 is 2.59 bits per heavy atom. The fraction of sp³-hybridized carbons (Fsp3) is 0.118. The molecular weight excluding hydrogens is 280 g/mol. The molecule has 2 aromatic heterocycles. The van der Waals surface area contributed by atoms with Gasteiger partial charge < -0.3 is 9.47 Å². The van der Waals surface area contributed by atoms with Crippen molar-refractivity contribution in [1.29, 1.82) is 0 Å². The number of esters is 1. The number of aromatic nitrogens is 2. The van der Waals surface area contributed by atoms with E-state index in [1.54, 1.807) is 25.4 Å². The monoisotopic (exact) mass is 294 g/mol. The Kier molecular flexibility index (Phi) is 3.70. The topological polar surface area (TPSA) is 61.3 Å². The number of fused-ring (bicyclic) bond motifs is 1. The van der Waals surface area contributed by atoms with Gasteiger partial charge in [-0.15, -0.1) is 0 Å². The van der Waals surface area contributed by atoms with E-state index < -0.39 is 0 Å². The minimum atomic E-state index is -0.388. The molecule has 0 atom stereocenters. The SMILES string of the molecule is COC(=O)c1cc(-c2ccc(OC)nc2)nc2ccccc12. The number of methoxy groups -OCH3 is 2. The zero-order valence-corrected chi connectivity index (χ0v) is 12.2. The van der Waals surface area contributed by atoms with Crippen molar-refractivity contribution in [3.8, 4) is 17.1 Å². The van der Waals surface area contributed by atoms with Crippen molar-refractivity contribution in [2.24, 2.45) is 0 Å². The number of carbonyl (C=O) groups excluding carboxylic acids is 1. The first-order chi connectivity index (χ1) is 10.7. The van der Waals surface area contributed by atoms with Gasteiger partial charge in [-0.1, -0.05) is 18.2 Å². The van der Waals surface area contributed by atoms with Gasteiger partial charge in [0, 0.05) is 23.2 Å². The summed E-state index contributed by atoms with van der Waals surface area (Å²) in [5.41, 5.74) is 2.68. The third kappa shape index (κ3) is 2.48. The standard InChI is InChI=1S/C17H14N2O3/c1-21-16-8-7-11(10-18-16)15-9-13(17(20)22-2)12-5-3-4-6-14(12)19-15/h3-10H,1-2H3. The lowest BCUT2D eigenvalue weighted by Crippen LogP contribution is -2.03. The van der Waals surface area contributed by atoms with Gasteiger partial charge in [0.25, 0.3) is 0 Å². The second kappa shape index (κ2) is 5.81. The molecule has 110 valence electrons. The van der Waals surface area contributed by atoms with Crippen LogP contribution in [0, 0.1) is 0 Å². The first-order valence-electron chi connectivity index (χ1n) is 6.71. The van der Waals surface area contributed by atoms with Gasteiger partial charge in [0.05, 0.1) is 31.0 Å². The average molecular weight is 294 g/mol. The third-order valence-corrected chi connectivity index (χ3v) is 3.36. The lowest BCUT2D eigenvalue weighted by molar-refractivity contribution is 0.0603. The Morgan fingerprint density at radius 1 is 1.09 bits per heavy atom. The van der Waals surface area contributed by atoms with Gasteiger partial charge in [0.15, 0.2) is 0 Å². The Morgan fingerprint density at radius 2 is 1.91 bits per heavy atom. The van der Waals surface area contributed by atoms with E-state index in [2.05, 4.69) is 9.97 Å². The summed E-state index contributed by atoms with van der Waals surface area (Å²) in [5.74, 6) is 0.138. The third-order valence-electron chi connectivity index (χ3n) is 3.36. The number of hydrogen-bond acceptors (Lipinski definition) is 5. The Labute approximate surface area is 127 Å². The van der Waals surface area contributed by atoms with Crippen LogP contribution in [-0.4, -0.2) is 30.2 Å². The van der Waals surface area contributed by atoms with Crippen LogP contribution in [0.5, 0.6) is 5.88 Å². The molecule has 5 nitrogen and oxygen atoms in total. The summed E-state index contributed by atoms with van der Waals surface area (Å²) in [4.78, 5) is 20.8. The van der Waals surface area contributed by atoms with Crippen molar-refractivity contribution < 1.29 is 14.3 Å². The van der Waals surface area contributed by atoms with Gasteiger partial charge in [-0.25, -0.2) is 14.8 Å². The summed E-state index contributed by atoms with van der Waals surface area (Å²) in [6, 6.07) is 12.8. The summed E-state index contributed by atoms with van der Waals surface area (Å²) < 4.78 is 9.92. The number of pyridine rings is 2. The fourth-order valence-electron chi connectivity index (χ4n) is 2.25. The van der Waals surface area contributed by atoms with Crippen molar-refractivity contribution in [3.05, 3.63) is 54.2 Å². The molecule has 0 saturated heterocycles. The Hall–Kier alpha value is -2.95. The molecule has 0 fully saturated rings. The average Bonchev–Trinajstić information content (AvgIpc) is 2.60. The van der Waals surface area contributed by atoms with Crippen molar-refractivity contribution in [3.63, 3.8) is 0 Å². The molecule has 2 heterocycles. The lowest BCUT2D eigenvalue weighted by Gasteiger charge is -2.08. The van der Waals surface area contributed by atoms with Crippen LogP contribution in [0.25, 0.3) is 22.2 Å². The zero-order valence-electron chi connectivity index (χ0n) is 12.2. The molecule has 3 rings (SSSR count). The van der Waals surface area contributed by atoms with Crippen LogP contribution in [0.3, 0.4) is 0 Å². The van der Waals surface area contributed by atoms with Crippen LogP contribution >= 0.6 is 0 Å². The molecular formula is C17H14N2O3. The number of nitrogens with zero attached hydrogens (tertiary/aromatic N) is 2. The maximum Gasteiger partial charge on any atom is 0.338 e. The first-order valence-corrected chi connectivity index (χ1v) is 6.71. The van der Waals surface area contributed by atoms with E-state index in [4.69, 9.17) is 9.47 Å². The fourth-order valence-corrected chi connectivity index (χ4v) is 2.25. The van der Waals surface area contributed by atoms with E-state index in [0.717, 1.165) is 16.5 Å². The van der Waals surface area contributed by atoms with Gasteiger partial charge in [0.1, 0.15) is 0 Å². The molecule has 22 heavy (non-hydrogen) atoms. The van der Waals surface area contributed by atoms with Crippen molar-refractivity contribution in [2.75, 3.05) is 14.2 Å². The normalized spacial score (nSPS) is 10.5. The highest BCUT2D eigenvalue weighted by molar-refractivity contribution is 6.04. The number of ether oxygens (including phenoxy) is 2. The van der Waals surface area contributed by atoms with E-state index in [1.807, 2.05) is 30.3 Å². The molecule has 5 heteroatoms. The van der Waals surface area contributed by atoms with Crippen molar-refractivity contribution >= 4 is 16.9 Å². The molecule has 0 spiro atoms. The van der Waals surface area contributed by atoms with Crippen LogP contribution in [0.4, 0.5) is 0 Å². The summed E-state index contributed by atoms with van der Waals surface area (Å²) in [6.07, 6.45) is 1.66. The summed E-state index contributed by atoms with van der Waals surface area (Å²) >= 11 is 0. The second-order valence-corrected chi connectivity index (χ2v) is 4.65. The summed E-state index contributed by atoms with van der Waals surface area (Å²) in [7, 11) is 2.93. The van der Waals surface area contributed by atoms with Crippen LogP contribution < -0.4 is 4.74 Å². The predicted molar refractivity (Wildman–Crippen MR) is 82.9 cm³/mol. The molecule has 0 radical (unpaired) electrons. The number of para-hydroxylation sites is 1. The molecule has 0 amide bonds. The number of carbonyl (C=O) groups is 1. The molecule has 0 bridgehead atoms.